The first-order valence-electron chi connectivity index (χ1n) is 5.62. The molecule has 1 saturated heterocycles. The molecule has 0 aromatic carbocycles. The average Bonchev–Trinajstić information content (AvgIpc) is 2.74. The fraction of sp³-hybridized carbons (Fsp3) is 0.818. The molecule has 0 unspecified atom stereocenters. The van der Waals surface area contributed by atoms with Crippen LogP contribution >= 0.6 is 11.8 Å². The summed E-state index contributed by atoms with van der Waals surface area (Å²) in [5.41, 5.74) is -0.593. The zero-order valence-corrected chi connectivity index (χ0v) is 11.0. The maximum absolute atomic E-state index is 11.9. The summed E-state index contributed by atoms with van der Waals surface area (Å²) in [5, 5.41) is 9.24. The van der Waals surface area contributed by atoms with Gasteiger partial charge in [-0.2, -0.15) is 0 Å². The normalized spacial score (nSPS) is 26.1. The van der Waals surface area contributed by atoms with Crippen molar-refractivity contribution in [2.24, 2.45) is 0 Å². The molecule has 1 heterocycles. The van der Waals surface area contributed by atoms with E-state index >= 15 is 0 Å². The molecule has 0 aromatic rings. The molecule has 1 N–H and O–H groups in total. The quantitative estimate of drug-likeness (QED) is 0.779. The number of thioether (sulfide) groups is 1. The highest BCUT2D eigenvalue weighted by Crippen LogP contribution is 2.57. The van der Waals surface area contributed by atoms with Crippen LogP contribution in [0, 0.1) is 0 Å². The fourth-order valence-electron chi connectivity index (χ4n) is 2.01. The van der Waals surface area contributed by atoms with E-state index in [-0.39, 0.29) is 4.75 Å². The Morgan fingerprint density at radius 2 is 2.00 bits per heavy atom. The highest BCUT2D eigenvalue weighted by Gasteiger charge is 2.61. The van der Waals surface area contributed by atoms with E-state index in [2.05, 4.69) is 0 Å². The largest absolute Gasteiger partial charge is 0.480 e. The van der Waals surface area contributed by atoms with Crippen LogP contribution in [0.1, 0.15) is 33.6 Å². The summed E-state index contributed by atoms with van der Waals surface area (Å²) in [6, 6.07) is -0.734. The van der Waals surface area contributed by atoms with Crippen LogP contribution in [0.5, 0.6) is 0 Å². The highest BCUT2D eigenvalue weighted by molar-refractivity contribution is 8.01. The Morgan fingerprint density at radius 1 is 1.41 bits per heavy atom. The highest BCUT2D eigenvalue weighted by atomic mass is 32.2. The van der Waals surface area contributed by atoms with E-state index < -0.39 is 23.7 Å². The summed E-state index contributed by atoms with van der Waals surface area (Å²) in [5.74, 6) is -0.523. The number of carboxylic acids is 1. The van der Waals surface area contributed by atoms with Crippen molar-refractivity contribution in [3.05, 3.63) is 0 Å². The molecule has 2 aliphatic rings. The Morgan fingerprint density at radius 3 is 2.41 bits per heavy atom. The van der Waals surface area contributed by atoms with E-state index in [0.29, 0.717) is 5.88 Å². The molecule has 1 saturated carbocycles. The third kappa shape index (κ3) is 2.36. The monoisotopic (exact) mass is 259 g/mol. The lowest BCUT2D eigenvalue weighted by molar-refractivity contribution is -0.142. The van der Waals surface area contributed by atoms with Gasteiger partial charge in [-0.05, 0) is 33.6 Å². The molecular formula is C11H17NO4S. The molecule has 96 valence electrons. The van der Waals surface area contributed by atoms with Crippen molar-refractivity contribution in [1.82, 2.24) is 4.90 Å². The molecule has 17 heavy (non-hydrogen) atoms. The average molecular weight is 259 g/mol. The standard InChI is InChI=1S/C11H17NO4S/c1-10(2,3)16-9(15)12-6-17-11(4-5-11)7(12)8(13)14/h7H,4-6H2,1-3H3,(H,13,14)/t7-/m0/s1. The molecule has 2 rings (SSSR count). The second kappa shape index (κ2) is 3.80. The number of hydrogen-bond acceptors (Lipinski definition) is 4. The molecule has 6 heteroatoms. The van der Waals surface area contributed by atoms with Crippen molar-refractivity contribution in [1.29, 1.82) is 0 Å². The predicted octanol–water partition coefficient (Wildman–Crippen LogP) is 1.91. The minimum absolute atomic E-state index is 0.247. The Labute approximate surface area is 104 Å². The summed E-state index contributed by atoms with van der Waals surface area (Å²) in [7, 11) is 0. The lowest BCUT2D eigenvalue weighted by atomic mass is 10.1. The SMILES string of the molecule is CC(C)(C)OC(=O)N1CSC2(CC2)[C@@H]1C(=O)O. The Bertz CT molecular complexity index is 359. The van der Waals surface area contributed by atoms with Gasteiger partial charge in [-0.1, -0.05) is 0 Å². The molecule has 0 aromatic heterocycles. The van der Waals surface area contributed by atoms with Gasteiger partial charge in [-0.3, -0.25) is 4.90 Å². The van der Waals surface area contributed by atoms with Gasteiger partial charge in [0, 0.05) is 4.75 Å². The van der Waals surface area contributed by atoms with Crippen LogP contribution < -0.4 is 0 Å². The molecule has 1 atom stereocenters. The number of carboxylic acid groups (broad SMARTS) is 1. The van der Waals surface area contributed by atoms with E-state index in [4.69, 9.17) is 4.74 Å². The van der Waals surface area contributed by atoms with Crippen molar-refractivity contribution in [2.75, 3.05) is 5.88 Å². The van der Waals surface area contributed by atoms with Crippen molar-refractivity contribution < 1.29 is 19.4 Å². The summed E-state index contributed by atoms with van der Waals surface area (Å²) in [6.07, 6.45) is 1.21. The van der Waals surface area contributed by atoms with Gasteiger partial charge < -0.3 is 9.84 Å². The Balaban J connectivity index is 2.11. The minimum Gasteiger partial charge on any atom is -0.480 e. The van der Waals surface area contributed by atoms with Crippen LogP contribution in [0.15, 0.2) is 0 Å². The topological polar surface area (TPSA) is 66.8 Å². The fourth-order valence-corrected chi connectivity index (χ4v) is 3.44. The first-order chi connectivity index (χ1) is 7.75. The van der Waals surface area contributed by atoms with Gasteiger partial charge in [0.25, 0.3) is 0 Å². The number of carbonyl (C=O) groups excluding carboxylic acids is 1. The van der Waals surface area contributed by atoms with Gasteiger partial charge in [-0.25, -0.2) is 9.59 Å². The molecule has 5 nitrogen and oxygen atoms in total. The lowest BCUT2D eigenvalue weighted by Crippen LogP contribution is -2.47. The minimum atomic E-state index is -0.932. The smallest absolute Gasteiger partial charge is 0.411 e. The van der Waals surface area contributed by atoms with Crippen molar-refractivity contribution in [2.45, 2.75) is 50.0 Å². The van der Waals surface area contributed by atoms with Gasteiger partial charge in [0.1, 0.15) is 11.6 Å². The molecule has 0 bridgehead atoms. The molecule has 1 amide bonds. The zero-order chi connectivity index (χ0) is 12.8. The summed E-state index contributed by atoms with van der Waals surface area (Å²) < 4.78 is 4.99. The number of aliphatic carboxylic acids is 1. The Kier molecular flexibility index (Phi) is 2.80. The summed E-state index contributed by atoms with van der Waals surface area (Å²) in [4.78, 5) is 24.5. The van der Waals surface area contributed by atoms with E-state index in [1.165, 1.54) is 4.90 Å². The zero-order valence-electron chi connectivity index (χ0n) is 10.2. The van der Waals surface area contributed by atoms with Crippen LogP contribution in [-0.2, 0) is 9.53 Å². The summed E-state index contributed by atoms with van der Waals surface area (Å²) >= 11 is 1.55. The van der Waals surface area contributed by atoms with Crippen LogP contribution in [0.2, 0.25) is 0 Å². The Hall–Kier alpha value is -0.910. The molecule has 1 spiro atoms. The van der Waals surface area contributed by atoms with Gasteiger partial charge in [0.2, 0.25) is 0 Å². The first kappa shape index (κ1) is 12.5. The lowest BCUT2D eigenvalue weighted by Gasteiger charge is -2.27. The van der Waals surface area contributed by atoms with Crippen LogP contribution in [0.3, 0.4) is 0 Å². The van der Waals surface area contributed by atoms with Crippen LogP contribution in [0.25, 0.3) is 0 Å². The van der Waals surface area contributed by atoms with E-state index in [0.717, 1.165) is 12.8 Å². The third-order valence-corrected chi connectivity index (χ3v) is 4.52. The molecule has 1 aliphatic heterocycles. The van der Waals surface area contributed by atoms with Gasteiger partial charge in [0.05, 0.1) is 5.88 Å². The maximum atomic E-state index is 11.9. The number of ether oxygens (including phenoxy) is 1. The first-order valence-corrected chi connectivity index (χ1v) is 6.60. The van der Waals surface area contributed by atoms with E-state index in [9.17, 15) is 14.7 Å². The summed E-state index contributed by atoms with van der Waals surface area (Å²) in [6.45, 7) is 5.32. The van der Waals surface area contributed by atoms with Gasteiger partial charge in [0.15, 0.2) is 0 Å². The van der Waals surface area contributed by atoms with Gasteiger partial charge >= 0.3 is 12.1 Å². The number of hydrogen-bond donors (Lipinski definition) is 1. The van der Waals surface area contributed by atoms with E-state index in [1.807, 2.05) is 0 Å². The predicted molar refractivity (Wildman–Crippen MR) is 63.9 cm³/mol. The maximum Gasteiger partial charge on any atom is 0.411 e. The van der Waals surface area contributed by atoms with Crippen molar-refractivity contribution in [3.8, 4) is 0 Å². The molecular weight excluding hydrogens is 242 g/mol. The van der Waals surface area contributed by atoms with Crippen molar-refractivity contribution in [3.63, 3.8) is 0 Å². The number of nitrogens with zero attached hydrogens (tertiary/aromatic N) is 1. The number of amides is 1. The molecule has 0 radical (unpaired) electrons. The van der Waals surface area contributed by atoms with Crippen LogP contribution in [-0.4, -0.2) is 44.3 Å². The van der Waals surface area contributed by atoms with Crippen molar-refractivity contribution >= 4 is 23.8 Å². The van der Waals surface area contributed by atoms with Gasteiger partial charge in [-0.15, -0.1) is 11.8 Å². The number of carbonyl (C=O) groups is 2. The second-order valence-corrected chi connectivity index (χ2v) is 6.89. The molecule has 2 fully saturated rings. The van der Waals surface area contributed by atoms with Crippen LogP contribution in [0.4, 0.5) is 4.79 Å². The third-order valence-electron chi connectivity index (χ3n) is 2.91. The number of rotatable bonds is 1. The second-order valence-electron chi connectivity index (χ2n) is 5.53. The molecule has 1 aliphatic carbocycles. The van der Waals surface area contributed by atoms with E-state index in [1.54, 1.807) is 32.5 Å².